The summed E-state index contributed by atoms with van der Waals surface area (Å²) in [6.07, 6.45) is 7.67. The molecule has 1 aliphatic rings. The summed E-state index contributed by atoms with van der Waals surface area (Å²) in [6, 6.07) is 0. The van der Waals surface area contributed by atoms with E-state index in [-0.39, 0.29) is 0 Å². The predicted octanol–water partition coefficient (Wildman–Crippen LogP) is 1.41. The van der Waals surface area contributed by atoms with Crippen molar-refractivity contribution in [3.63, 3.8) is 0 Å². The molecular weight excluding hydrogens is 176 g/mol. The lowest BCUT2D eigenvalue weighted by atomic mass is 10.2. The molecule has 70 valence electrons. The van der Waals surface area contributed by atoms with Crippen LogP contribution in [0.25, 0.3) is 17.1 Å². The molecule has 1 N–H and O–H groups in total. The Morgan fingerprint density at radius 2 is 2.43 bits per heavy atom. The monoisotopic (exact) mass is 186 g/mol. The van der Waals surface area contributed by atoms with Crippen LogP contribution in [-0.2, 0) is 7.05 Å². The van der Waals surface area contributed by atoms with E-state index >= 15 is 0 Å². The van der Waals surface area contributed by atoms with Crippen LogP contribution in [0.2, 0.25) is 0 Å². The van der Waals surface area contributed by atoms with Crippen molar-refractivity contribution in [2.24, 2.45) is 7.05 Å². The molecule has 0 saturated heterocycles. The Balaban J connectivity index is 2.48. The van der Waals surface area contributed by atoms with Gasteiger partial charge in [0.1, 0.15) is 17.8 Å². The van der Waals surface area contributed by atoms with Gasteiger partial charge < -0.3 is 9.88 Å². The lowest BCUT2D eigenvalue weighted by Crippen LogP contribution is -2.07. The lowest BCUT2D eigenvalue weighted by Gasteiger charge is -2.10. The molecule has 0 radical (unpaired) electrons. The van der Waals surface area contributed by atoms with Crippen LogP contribution in [0.5, 0.6) is 0 Å². The van der Waals surface area contributed by atoms with Gasteiger partial charge in [0.25, 0.3) is 0 Å². The fraction of sp³-hybridized carbons (Fsp3) is 0.200. The molecule has 0 amide bonds. The predicted molar refractivity (Wildman–Crippen MR) is 56.0 cm³/mol. The van der Waals surface area contributed by atoms with Gasteiger partial charge in [-0.2, -0.15) is 0 Å². The maximum Gasteiger partial charge on any atom is 0.145 e. The highest BCUT2D eigenvalue weighted by Crippen LogP contribution is 2.30. The summed E-state index contributed by atoms with van der Waals surface area (Å²) in [7, 11) is 2.01. The van der Waals surface area contributed by atoms with Gasteiger partial charge in [-0.3, -0.25) is 0 Å². The van der Waals surface area contributed by atoms with Gasteiger partial charge in [0, 0.05) is 30.7 Å². The van der Waals surface area contributed by atoms with Crippen molar-refractivity contribution in [2.45, 2.75) is 0 Å². The second kappa shape index (κ2) is 2.57. The van der Waals surface area contributed by atoms with Crippen LogP contribution in [0.3, 0.4) is 0 Å². The maximum absolute atomic E-state index is 4.26. The number of hydrogen-bond acceptors (Lipinski definition) is 3. The molecule has 14 heavy (non-hydrogen) atoms. The Morgan fingerprint density at radius 3 is 3.36 bits per heavy atom. The van der Waals surface area contributed by atoms with Crippen molar-refractivity contribution < 1.29 is 0 Å². The van der Waals surface area contributed by atoms with Gasteiger partial charge in [-0.15, -0.1) is 0 Å². The van der Waals surface area contributed by atoms with Crippen LogP contribution in [0.4, 0.5) is 5.82 Å². The van der Waals surface area contributed by atoms with Gasteiger partial charge >= 0.3 is 0 Å². The zero-order chi connectivity index (χ0) is 9.54. The molecule has 0 atom stereocenters. The van der Waals surface area contributed by atoms with E-state index in [1.165, 1.54) is 5.56 Å². The van der Waals surface area contributed by atoms with Crippen LogP contribution in [-0.4, -0.2) is 21.1 Å². The molecule has 4 nitrogen and oxygen atoms in total. The second-order valence-corrected chi connectivity index (χ2v) is 3.36. The molecule has 3 rings (SSSR count). The summed E-state index contributed by atoms with van der Waals surface area (Å²) >= 11 is 0. The molecule has 0 saturated carbocycles. The molecule has 3 heterocycles. The Labute approximate surface area is 81.3 Å². The molecule has 0 aromatic carbocycles. The van der Waals surface area contributed by atoms with E-state index in [4.69, 9.17) is 0 Å². The number of aromatic nitrogens is 3. The van der Waals surface area contributed by atoms with Crippen LogP contribution < -0.4 is 5.32 Å². The summed E-state index contributed by atoms with van der Waals surface area (Å²) in [5.41, 5.74) is 2.17. The minimum atomic E-state index is 0.880. The first kappa shape index (κ1) is 7.55. The average Bonchev–Trinajstić information content (AvgIpc) is 2.55. The van der Waals surface area contributed by atoms with Crippen molar-refractivity contribution in [2.75, 3.05) is 11.9 Å². The Hall–Kier alpha value is -1.84. The molecule has 0 spiro atoms. The van der Waals surface area contributed by atoms with Gasteiger partial charge in [-0.05, 0) is 0 Å². The van der Waals surface area contributed by atoms with Crippen molar-refractivity contribution >= 4 is 22.9 Å². The minimum absolute atomic E-state index is 0.880. The molecule has 0 bridgehead atoms. The van der Waals surface area contributed by atoms with E-state index in [9.17, 15) is 0 Å². The van der Waals surface area contributed by atoms with Crippen molar-refractivity contribution in [3.05, 3.63) is 24.2 Å². The number of anilines is 1. The highest BCUT2D eigenvalue weighted by atomic mass is 15.1. The first-order valence-electron chi connectivity index (χ1n) is 4.57. The largest absolute Gasteiger partial charge is 0.367 e. The second-order valence-electron chi connectivity index (χ2n) is 3.36. The van der Waals surface area contributed by atoms with Gasteiger partial charge in [-0.25, -0.2) is 9.97 Å². The molecule has 4 heteroatoms. The van der Waals surface area contributed by atoms with Crippen LogP contribution in [0.15, 0.2) is 18.6 Å². The summed E-state index contributed by atoms with van der Waals surface area (Å²) < 4.78 is 2.07. The number of nitrogens with one attached hydrogen (secondary N) is 1. The molecule has 2 aromatic heterocycles. The van der Waals surface area contributed by atoms with E-state index < -0.39 is 0 Å². The zero-order valence-corrected chi connectivity index (χ0v) is 7.86. The molecule has 2 aromatic rings. The Morgan fingerprint density at radius 1 is 1.50 bits per heavy atom. The SMILES string of the molecule is Cn1c2c(c3cncnc31)C=CCN2. The number of hydrogen-bond donors (Lipinski definition) is 1. The Kier molecular flexibility index (Phi) is 1.39. The molecule has 0 unspecified atom stereocenters. The van der Waals surface area contributed by atoms with E-state index in [0.717, 1.165) is 23.4 Å². The number of rotatable bonds is 0. The molecular formula is C10H10N4. The molecule has 0 aliphatic carbocycles. The first-order chi connectivity index (χ1) is 6.88. The summed E-state index contributed by atoms with van der Waals surface area (Å²) in [6.45, 7) is 0.880. The van der Waals surface area contributed by atoms with E-state index in [2.05, 4.69) is 32.0 Å². The fourth-order valence-corrected chi connectivity index (χ4v) is 1.91. The summed E-state index contributed by atoms with van der Waals surface area (Å²) in [5, 5.41) is 4.43. The standard InChI is InChI=1S/C10H10N4/c1-14-9-7(3-2-4-12-9)8-5-11-6-13-10(8)14/h2-3,5-6,12H,4H2,1H3. The average molecular weight is 186 g/mol. The Bertz CT molecular complexity index is 524. The fourth-order valence-electron chi connectivity index (χ4n) is 1.91. The first-order valence-corrected chi connectivity index (χ1v) is 4.57. The summed E-state index contributed by atoms with van der Waals surface area (Å²) in [5.74, 6) is 1.13. The highest BCUT2D eigenvalue weighted by molar-refractivity contribution is 5.94. The smallest absolute Gasteiger partial charge is 0.145 e. The van der Waals surface area contributed by atoms with Crippen LogP contribution >= 0.6 is 0 Å². The molecule has 1 aliphatic heterocycles. The quantitative estimate of drug-likeness (QED) is 0.676. The third kappa shape index (κ3) is 0.824. The van der Waals surface area contributed by atoms with Crippen LogP contribution in [0.1, 0.15) is 5.56 Å². The minimum Gasteiger partial charge on any atom is -0.367 e. The van der Waals surface area contributed by atoms with Crippen LogP contribution in [0, 0.1) is 0 Å². The van der Waals surface area contributed by atoms with Gasteiger partial charge in [0.15, 0.2) is 0 Å². The highest BCUT2D eigenvalue weighted by Gasteiger charge is 2.15. The third-order valence-corrected chi connectivity index (χ3v) is 2.56. The van der Waals surface area contributed by atoms with E-state index in [0.29, 0.717) is 0 Å². The van der Waals surface area contributed by atoms with Gasteiger partial charge in [-0.1, -0.05) is 12.2 Å². The van der Waals surface area contributed by atoms with Crippen molar-refractivity contribution in [1.82, 2.24) is 14.5 Å². The normalized spacial score (nSPS) is 14.1. The third-order valence-electron chi connectivity index (χ3n) is 2.56. The van der Waals surface area contributed by atoms with Gasteiger partial charge in [0.05, 0.1) is 0 Å². The lowest BCUT2D eigenvalue weighted by molar-refractivity contribution is 0.939. The van der Waals surface area contributed by atoms with E-state index in [1.807, 2.05) is 13.2 Å². The topological polar surface area (TPSA) is 42.7 Å². The number of nitrogens with zero attached hydrogens (tertiary/aromatic N) is 3. The number of aryl methyl sites for hydroxylation is 1. The van der Waals surface area contributed by atoms with Gasteiger partial charge in [0.2, 0.25) is 0 Å². The van der Waals surface area contributed by atoms with Crippen molar-refractivity contribution in [1.29, 1.82) is 0 Å². The van der Waals surface area contributed by atoms with E-state index in [1.54, 1.807) is 6.33 Å². The maximum atomic E-state index is 4.26. The number of fused-ring (bicyclic) bond motifs is 3. The molecule has 0 fully saturated rings. The van der Waals surface area contributed by atoms with Crippen molar-refractivity contribution in [3.8, 4) is 0 Å². The zero-order valence-electron chi connectivity index (χ0n) is 7.86. The summed E-state index contributed by atoms with van der Waals surface area (Å²) in [4.78, 5) is 8.31.